The smallest absolute Gasteiger partial charge is 0.0726 e. The Morgan fingerprint density at radius 3 is 1.08 bits per heavy atom. The molecular weight excluding hydrogens is 867 g/mol. The number of rotatable bonds is 5. The Kier molecular flexibility index (Phi) is 8.62. The molecule has 72 heavy (non-hydrogen) atoms. The first kappa shape index (κ1) is 41.0. The predicted molar refractivity (Wildman–Crippen MR) is 298 cm³/mol. The van der Waals surface area contributed by atoms with Gasteiger partial charge in [0.15, 0.2) is 0 Å². The molecule has 15 rings (SSSR count). The molecule has 11 aromatic carbocycles. The molecule has 0 fully saturated rings. The van der Waals surface area contributed by atoms with Crippen LogP contribution in [0.2, 0.25) is 0 Å². The third kappa shape index (κ3) is 5.27. The Labute approximate surface area is 422 Å². The molecular formula is C71H49N. The number of hydrogen-bond donors (Lipinski definition) is 0. The molecule has 0 N–H and O–H groups in total. The number of nitrogens with zero attached hydrogens (tertiary/aromatic N) is 1. The van der Waals surface area contributed by atoms with Gasteiger partial charge in [0, 0.05) is 22.4 Å². The van der Waals surface area contributed by atoms with E-state index in [-0.39, 0.29) is 5.41 Å². The molecule has 11 aromatic rings. The van der Waals surface area contributed by atoms with Crippen LogP contribution in [-0.2, 0) is 16.2 Å². The second-order valence-corrected chi connectivity index (χ2v) is 20.6. The van der Waals surface area contributed by atoms with Gasteiger partial charge in [-0.2, -0.15) is 0 Å². The van der Waals surface area contributed by atoms with Crippen molar-refractivity contribution >= 4 is 17.1 Å². The van der Waals surface area contributed by atoms with Crippen molar-refractivity contribution in [1.29, 1.82) is 0 Å². The van der Waals surface area contributed by atoms with Crippen molar-refractivity contribution in [2.45, 2.75) is 30.1 Å². The third-order valence-electron chi connectivity index (χ3n) is 17.0. The van der Waals surface area contributed by atoms with E-state index >= 15 is 0 Å². The zero-order valence-corrected chi connectivity index (χ0v) is 40.3. The highest BCUT2D eigenvalue weighted by Crippen LogP contribution is 2.64. The maximum absolute atomic E-state index is 2.60. The van der Waals surface area contributed by atoms with Gasteiger partial charge in [-0.1, -0.05) is 244 Å². The summed E-state index contributed by atoms with van der Waals surface area (Å²) >= 11 is 0. The van der Waals surface area contributed by atoms with E-state index in [0.29, 0.717) is 0 Å². The first-order valence-corrected chi connectivity index (χ1v) is 25.4. The van der Waals surface area contributed by atoms with Crippen molar-refractivity contribution in [1.82, 2.24) is 0 Å². The van der Waals surface area contributed by atoms with E-state index in [4.69, 9.17) is 0 Å². The van der Waals surface area contributed by atoms with Crippen LogP contribution in [0.15, 0.2) is 261 Å². The summed E-state index contributed by atoms with van der Waals surface area (Å²) in [5.74, 6) is 0. The molecule has 4 aliphatic carbocycles. The average molecular weight is 916 g/mol. The SMILES string of the molecule is CC1(C)c2ccccc2-c2c(N(c3ccc4c(c3)C(c3ccccc3)(c3ccccc3)c3ccccc3-4)c3ccc4c(c3)C3(c5ccccc5-c5ccccc5-c5ccccc53)c3ccccc3-4)cccc21. The predicted octanol–water partition coefficient (Wildman–Crippen LogP) is 17.8. The van der Waals surface area contributed by atoms with Gasteiger partial charge in [0.25, 0.3) is 0 Å². The van der Waals surface area contributed by atoms with Gasteiger partial charge in [0.1, 0.15) is 0 Å². The molecule has 0 aliphatic heterocycles. The third-order valence-corrected chi connectivity index (χ3v) is 17.0. The van der Waals surface area contributed by atoms with Gasteiger partial charge in [-0.05, 0) is 136 Å². The van der Waals surface area contributed by atoms with Gasteiger partial charge in [-0.15, -0.1) is 0 Å². The molecule has 0 aromatic heterocycles. The zero-order chi connectivity index (χ0) is 47.8. The van der Waals surface area contributed by atoms with Crippen molar-refractivity contribution in [2.75, 3.05) is 4.90 Å². The van der Waals surface area contributed by atoms with Crippen molar-refractivity contribution in [3.05, 3.63) is 316 Å². The second kappa shape index (κ2) is 15.1. The van der Waals surface area contributed by atoms with E-state index < -0.39 is 10.8 Å². The summed E-state index contributed by atoms with van der Waals surface area (Å²) in [5.41, 5.74) is 27.8. The molecule has 0 radical (unpaired) electrons. The van der Waals surface area contributed by atoms with E-state index in [0.717, 1.165) is 11.4 Å². The average Bonchev–Trinajstić information content (AvgIpc) is 3.97. The van der Waals surface area contributed by atoms with Crippen LogP contribution in [0.3, 0.4) is 0 Å². The zero-order valence-electron chi connectivity index (χ0n) is 40.3. The van der Waals surface area contributed by atoms with Gasteiger partial charge >= 0.3 is 0 Å². The fourth-order valence-electron chi connectivity index (χ4n) is 14.1. The van der Waals surface area contributed by atoms with Crippen LogP contribution in [-0.4, -0.2) is 0 Å². The Balaban J connectivity index is 1.06. The first-order chi connectivity index (χ1) is 35.5. The van der Waals surface area contributed by atoms with Crippen molar-refractivity contribution < 1.29 is 0 Å². The van der Waals surface area contributed by atoms with Crippen LogP contribution in [0.25, 0.3) is 55.6 Å². The van der Waals surface area contributed by atoms with E-state index in [1.54, 1.807) is 0 Å². The Hall–Kier alpha value is -8.78. The first-order valence-electron chi connectivity index (χ1n) is 25.4. The van der Waals surface area contributed by atoms with E-state index in [9.17, 15) is 0 Å². The lowest BCUT2D eigenvalue weighted by atomic mass is 9.66. The molecule has 0 saturated carbocycles. The van der Waals surface area contributed by atoms with Crippen LogP contribution in [0, 0.1) is 0 Å². The summed E-state index contributed by atoms with van der Waals surface area (Å²) in [4.78, 5) is 2.60. The summed E-state index contributed by atoms with van der Waals surface area (Å²) in [6, 6.07) is 98.9. The maximum Gasteiger partial charge on any atom is 0.0726 e. The lowest BCUT2D eigenvalue weighted by molar-refractivity contribution is 0.660. The van der Waals surface area contributed by atoms with Gasteiger partial charge < -0.3 is 4.90 Å². The molecule has 0 unspecified atom stereocenters. The molecule has 0 amide bonds. The number of hydrogen-bond acceptors (Lipinski definition) is 1. The number of anilines is 3. The highest BCUT2D eigenvalue weighted by atomic mass is 15.1. The van der Waals surface area contributed by atoms with Gasteiger partial charge in [-0.3, -0.25) is 0 Å². The highest BCUT2D eigenvalue weighted by molar-refractivity contribution is 6.00. The van der Waals surface area contributed by atoms with Gasteiger partial charge in [0.05, 0.1) is 16.5 Å². The number of benzene rings is 11. The molecule has 1 heteroatoms. The topological polar surface area (TPSA) is 3.24 Å². The van der Waals surface area contributed by atoms with Crippen LogP contribution in [0.1, 0.15) is 69.5 Å². The molecule has 1 spiro atoms. The summed E-state index contributed by atoms with van der Waals surface area (Å²) in [6.07, 6.45) is 0. The van der Waals surface area contributed by atoms with Crippen molar-refractivity contribution in [3.8, 4) is 55.6 Å². The fourth-order valence-corrected chi connectivity index (χ4v) is 14.1. The van der Waals surface area contributed by atoms with E-state index in [2.05, 4.69) is 280 Å². The van der Waals surface area contributed by atoms with Gasteiger partial charge in [-0.25, -0.2) is 0 Å². The summed E-state index contributed by atoms with van der Waals surface area (Å²) in [6.45, 7) is 4.78. The minimum atomic E-state index is -0.623. The van der Waals surface area contributed by atoms with Crippen LogP contribution >= 0.6 is 0 Å². The largest absolute Gasteiger partial charge is 0.310 e. The minimum Gasteiger partial charge on any atom is -0.310 e. The summed E-state index contributed by atoms with van der Waals surface area (Å²) < 4.78 is 0. The summed E-state index contributed by atoms with van der Waals surface area (Å²) in [5, 5.41) is 0. The highest BCUT2D eigenvalue weighted by Gasteiger charge is 2.51. The quantitative estimate of drug-likeness (QED) is 0.166. The molecule has 0 bridgehead atoms. The lowest BCUT2D eigenvalue weighted by Crippen LogP contribution is -2.29. The molecule has 0 saturated heterocycles. The lowest BCUT2D eigenvalue weighted by Gasteiger charge is -2.37. The van der Waals surface area contributed by atoms with Crippen LogP contribution in [0.5, 0.6) is 0 Å². The van der Waals surface area contributed by atoms with E-state index in [1.807, 2.05) is 0 Å². The van der Waals surface area contributed by atoms with Crippen LogP contribution < -0.4 is 4.90 Å². The molecule has 0 atom stereocenters. The molecule has 4 aliphatic rings. The van der Waals surface area contributed by atoms with Gasteiger partial charge in [0.2, 0.25) is 0 Å². The second-order valence-electron chi connectivity index (χ2n) is 20.6. The Morgan fingerprint density at radius 1 is 0.250 bits per heavy atom. The number of fused-ring (bicyclic) bond motifs is 18. The van der Waals surface area contributed by atoms with E-state index in [1.165, 1.54) is 117 Å². The molecule has 0 heterocycles. The molecule has 1 nitrogen and oxygen atoms in total. The van der Waals surface area contributed by atoms with Crippen molar-refractivity contribution in [2.24, 2.45) is 0 Å². The Bertz CT molecular complexity index is 3920. The molecule has 338 valence electrons. The standard InChI is InChI=1S/C71H49N/c1-69(2)59-33-16-15-32-58(59)68-64(69)38-21-39-67(68)72(48-40-42-56-54-30-13-17-34-60(54)70(65(56)44-48,46-22-5-3-6-23-46)47-24-7-4-8-25-47)49-41-43-57-55-31-14-20-37-63(55)71(66(57)45-49)61-35-18-11-28-52(61)50-26-9-10-27-51(50)53-29-12-19-36-62(53)71/h3-45H,1-2H3. The Morgan fingerprint density at radius 2 is 0.597 bits per heavy atom. The summed E-state index contributed by atoms with van der Waals surface area (Å²) in [7, 11) is 0. The minimum absolute atomic E-state index is 0.185. The maximum atomic E-state index is 2.60. The normalized spacial score (nSPS) is 14.9. The van der Waals surface area contributed by atoms with Crippen LogP contribution in [0.4, 0.5) is 17.1 Å². The monoisotopic (exact) mass is 915 g/mol. The van der Waals surface area contributed by atoms with Crippen molar-refractivity contribution in [3.63, 3.8) is 0 Å². The fraction of sp³-hybridized carbons (Fsp3) is 0.0704.